The van der Waals surface area contributed by atoms with E-state index in [1.165, 1.54) is 0 Å². The molecule has 0 aromatic carbocycles. The Balaban J connectivity index is 2.70. The lowest BCUT2D eigenvalue weighted by atomic mass is 9.83. The van der Waals surface area contributed by atoms with Crippen molar-refractivity contribution >= 4 is 11.8 Å². The molecule has 1 aliphatic rings. The van der Waals surface area contributed by atoms with Crippen LogP contribution in [0, 0.1) is 5.92 Å². The largest absolute Gasteiger partial charge is 0.378 e. The van der Waals surface area contributed by atoms with Crippen LogP contribution >= 0.6 is 0 Å². The van der Waals surface area contributed by atoms with Gasteiger partial charge in [-0.25, -0.2) is 0 Å². The Bertz CT molecular complexity index is 219. The minimum Gasteiger partial charge on any atom is -0.378 e. The van der Waals surface area contributed by atoms with E-state index in [1.54, 1.807) is 7.11 Å². The standard InChI is InChI=1S/C9H15NO3/c1-9(2,13-3)6-4-7(11)10-8(12)5-6/h6H,4-5H2,1-3H3,(H,10,11,12). The molecule has 1 rings (SSSR count). The van der Waals surface area contributed by atoms with Crippen LogP contribution in [0.1, 0.15) is 26.7 Å². The normalized spacial score (nSPS) is 20.2. The number of carbonyl (C=O) groups is 2. The molecule has 0 aliphatic carbocycles. The summed E-state index contributed by atoms with van der Waals surface area (Å²) in [6.45, 7) is 3.78. The number of imide groups is 1. The number of piperidine rings is 1. The highest BCUT2D eigenvalue weighted by Gasteiger charge is 2.36. The summed E-state index contributed by atoms with van der Waals surface area (Å²) < 4.78 is 5.24. The second-order valence-corrected chi connectivity index (χ2v) is 3.88. The van der Waals surface area contributed by atoms with Crippen LogP contribution in [0.4, 0.5) is 0 Å². The second kappa shape index (κ2) is 3.46. The summed E-state index contributed by atoms with van der Waals surface area (Å²) in [4.78, 5) is 22.1. The van der Waals surface area contributed by atoms with Gasteiger partial charge in [0.05, 0.1) is 5.60 Å². The highest BCUT2D eigenvalue weighted by atomic mass is 16.5. The molecule has 0 bridgehead atoms. The zero-order valence-corrected chi connectivity index (χ0v) is 8.22. The van der Waals surface area contributed by atoms with Gasteiger partial charge in [-0.05, 0) is 13.8 Å². The highest BCUT2D eigenvalue weighted by Crippen LogP contribution is 2.28. The maximum atomic E-state index is 11.1. The van der Waals surface area contributed by atoms with E-state index in [2.05, 4.69) is 5.32 Å². The zero-order valence-electron chi connectivity index (χ0n) is 8.22. The Labute approximate surface area is 77.6 Å². The van der Waals surface area contributed by atoms with Crippen molar-refractivity contribution in [3.05, 3.63) is 0 Å². The van der Waals surface area contributed by atoms with Gasteiger partial charge < -0.3 is 4.74 Å². The summed E-state index contributed by atoms with van der Waals surface area (Å²) in [7, 11) is 1.59. The topological polar surface area (TPSA) is 55.4 Å². The first-order valence-corrected chi connectivity index (χ1v) is 4.33. The summed E-state index contributed by atoms with van der Waals surface area (Å²) >= 11 is 0. The quantitative estimate of drug-likeness (QED) is 0.636. The van der Waals surface area contributed by atoms with E-state index in [4.69, 9.17) is 4.74 Å². The molecule has 1 N–H and O–H groups in total. The number of rotatable bonds is 2. The van der Waals surface area contributed by atoms with Crippen molar-refractivity contribution in [2.24, 2.45) is 5.92 Å². The minimum absolute atomic E-state index is 0.0150. The van der Waals surface area contributed by atoms with Gasteiger partial charge in [-0.3, -0.25) is 14.9 Å². The molecule has 0 saturated carbocycles. The SMILES string of the molecule is COC(C)(C)C1CC(=O)NC(=O)C1. The lowest BCUT2D eigenvalue weighted by Gasteiger charge is -2.34. The van der Waals surface area contributed by atoms with Gasteiger partial charge in [-0.2, -0.15) is 0 Å². The van der Waals surface area contributed by atoms with E-state index < -0.39 is 5.60 Å². The second-order valence-electron chi connectivity index (χ2n) is 3.88. The minimum atomic E-state index is -0.409. The third-order valence-corrected chi connectivity index (χ3v) is 2.65. The molecule has 0 spiro atoms. The molecule has 13 heavy (non-hydrogen) atoms. The molecule has 1 fully saturated rings. The first kappa shape index (κ1) is 10.2. The Morgan fingerprint density at radius 1 is 1.31 bits per heavy atom. The third-order valence-electron chi connectivity index (χ3n) is 2.65. The van der Waals surface area contributed by atoms with Gasteiger partial charge in [0.1, 0.15) is 0 Å². The van der Waals surface area contributed by atoms with Crippen molar-refractivity contribution in [3.8, 4) is 0 Å². The molecule has 0 aromatic heterocycles. The first-order valence-electron chi connectivity index (χ1n) is 4.33. The van der Waals surface area contributed by atoms with Crippen LogP contribution in [0.25, 0.3) is 0 Å². The molecule has 4 nitrogen and oxygen atoms in total. The Hall–Kier alpha value is -0.900. The summed E-state index contributed by atoms with van der Waals surface area (Å²) in [5.41, 5.74) is -0.409. The number of amides is 2. The van der Waals surface area contributed by atoms with Crippen LogP contribution in [-0.2, 0) is 14.3 Å². The molecule has 0 aromatic rings. The Morgan fingerprint density at radius 2 is 1.77 bits per heavy atom. The van der Waals surface area contributed by atoms with Gasteiger partial charge in [0.15, 0.2) is 0 Å². The average Bonchev–Trinajstić information content (AvgIpc) is 2.02. The van der Waals surface area contributed by atoms with Crippen molar-refractivity contribution in [3.63, 3.8) is 0 Å². The fourth-order valence-corrected chi connectivity index (χ4v) is 1.44. The molecule has 1 saturated heterocycles. The number of nitrogens with one attached hydrogen (secondary N) is 1. The highest BCUT2D eigenvalue weighted by molar-refractivity contribution is 5.97. The molecule has 0 unspecified atom stereocenters. The predicted molar refractivity (Wildman–Crippen MR) is 47.0 cm³/mol. The van der Waals surface area contributed by atoms with E-state index in [0.29, 0.717) is 12.8 Å². The molecule has 0 atom stereocenters. The lowest BCUT2D eigenvalue weighted by Crippen LogP contribution is -2.46. The van der Waals surface area contributed by atoms with Crippen LogP contribution in [0.15, 0.2) is 0 Å². The van der Waals surface area contributed by atoms with Gasteiger partial charge in [-0.1, -0.05) is 0 Å². The Kier molecular flexibility index (Phi) is 2.71. The fraction of sp³-hybridized carbons (Fsp3) is 0.778. The van der Waals surface area contributed by atoms with Gasteiger partial charge in [0.2, 0.25) is 11.8 Å². The smallest absolute Gasteiger partial charge is 0.226 e. The van der Waals surface area contributed by atoms with Crippen LogP contribution < -0.4 is 5.32 Å². The molecule has 4 heteroatoms. The van der Waals surface area contributed by atoms with E-state index in [0.717, 1.165) is 0 Å². The molecule has 1 heterocycles. The molecule has 74 valence electrons. The fourth-order valence-electron chi connectivity index (χ4n) is 1.44. The van der Waals surface area contributed by atoms with Crippen molar-refractivity contribution in [2.75, 3.05) is 7.11 Å². The average molecular weight is 185 g/mol. The lowest BCUT2D eigenvalue weighted by molar-refractivity contribution is -0.140. The van der Waals surface area contributed by atoms with E-state index in [1.807, 2.05) is 13.8 Å². The Morgan fingerprint density at radius 3 is 2.15 bits per heavy atom. The van der Waals surface area contributed by atoms with Crippen molar-refractivity contribution in [2.45, 2.75) is 32.3 Å². The summed E-state index contributed by atoms with van der Waals surface area (Å²) in [5.74, 6) is -0.420. The third kappa shape index (κ3) is 2.28. The van der Waals surface area contributed by atoms with Crippen LogP contribution in [0.3, 0.4) is 0 Å². The van der Waals surface area contributed by atoms with Gasteiger partial charge in [-0.15, -0.1) is 0 Å². The summed E-state index contributed by atoms with van der Waals surface area (Å²) in [6, 6.07) is 0. The first-order chi connectivity index (χ1) is 5.95. The number of hydrogen-bond donors (Lipinski definition) is 1. The van der Waals surface area contributed by atoms with Gasteiger partial charge in [0, 0.05) is 25.9 Å². The number of methoxy groups -OCH3 is 1. The zero-order chi connectivity index (χ0) is 10.1. The van der Waals surface area contributed by atoms with Gasteiger partial charge in [0.25, 0.3) is 0 Å². The molecule has 0 radical (unpaired) electrons. The van der Waals surface area contributed by atoms with Crippen molar-refractivity contribution in [1.29, 1.82) is 0 Å². The summed E-state index contributed by atoms with van der Waals surface area (Å²) in [6.07, 6.45) is 0.735. The van der Waals surface area contributed by atoms with E-state index >= 15 is 0 Å². The van der Waals surface area contributed by atoms with Crippen LogP contribution in [-0.4, -0.2) is 24.5 Å². The van der Waals surface area contributed by atoms with Gasteiger partial charge >= 0.3 is 0 Å². The monoisotopic (exact) mass is 185 g/mol. The van der Waals surface area contributed by atoms with E-state index in [9.17, 15) is 9.59 Å². The maximum Gasteiger partial charge on any atom is 0.226 e. The van der Waals surface area contributed by atoms with Crippen LogP contribution in [0.2, 0.25) is 0 Å². The number of ether oxygens (including phenoxy) is 1. The van der Waals surface area contributed by atoms with E-state index in [-0.39, 0.29) is 17.7 Å². The predicted octanol–water partition coefficient (Wildman–Crippen LogP) is 0.464. The summed E-state index contributed by atoms with van der Waals surface area (Å²) in [5, 5.41) is 2.27. The maximum absolute atomic E-state index is 11.1. The van der Waals surface area contributed by atoms with Crippen molar-refractivity contribution in [1.82, 2.24) is 5.32 Å². The molecule has 1 aliphatic heterocycles. The van der Waals surface area contributed by atoms with Crippen LogP contribution in [0.5, 0.6) is 0 Å². The number of carbonyl (C=O) groups excluding carboxylic acids is 2. The van der Waals surface area contributed by atoms with Crippen molar-refractivity contribution < 1.29 is 14.3 Å². The molecular formula is C9H15NO3. The number of hydrogen-bond acceptors (Lipinski definition) is 3. The molecule has 2 amide bonds. The molecular weight excluding hydrogens is 170 g/mol.